The Balaban J connectivity index is 1.98. The monoisotopic (exact) mass is 505 g/mol. The van der Waals surface area contributed by atoms with E-state index >= 15 is 0 Å². The quantitative estimate of drug-likeness (QED) is 0.611. The third-order valence-electron chi connectivity index (χ3n) is 6.66. The molecular weight excluding hydrogens is 471 g/mol. The van der Waals surface area contributed by atoms with Crippen molar-refractivity contribution in [2.24, 2.45) is 5.92 Å². The number of carbonyl (C=O) groups excluding carboxylic acids is 1. The van der Waals surface area contributed by atoms with E-state index in [4.69, 9.17) is 9.72 Å². The number of rotatable bonds is 4. The number of alkyl halides is 3. The number of nitrogens with zero attached hydrogens (tertiary/aromatic N) is 3. The topological polar surface area (TPSA) is 79.4 Å². The molecule has 2 aromatic heterocycles. The van der Waals surface area contributed by atoms with E-state index in [1.54, 1.807) is 6.20 Å². The summed E-state index contributed by atoms with van der Waals surface area (Å²) in [7, 11) is 0. The number of carbonyl (C=O) groups is 1. The van der Waals surface area contributed by atoms with Crippen LogP contribution in [0.15, 0.2) is 18.3 Å². The van der Waals surface area contributed by atoms with E-state index in [1.165, 1.54) is 0 Å². The lowest BCUT2D eigenvalue weighted by Gasteiger charge is -2.33. The van der Waals surface area contributed by atoms with E-state index in [0.29, 0.717) is 56.0 Å². The van der Waals surface area contributed by atoms with Gasteiger partial charge in [0.2, 0.25) is 5.91 Å². The van der Waals surface area contributed by atoms with Crippen LogP contribution in [0.25, 0.3) is 11.3 Å². The fraction of sp³-hybridized carbons (Fsp3) is 0.577. The van der Waals surface area contributed by atoms with Gasteiger partial charge in [0.1, 0.15) is 11.6 Å². The van der Waals surface area contributed by atoms with Crippen molar-refractivity contribution in [1.82, 2.24) is 15.3 Å². The highest BCUT2D eigenvalue weighted by Crippen LogP contribution is 2.43. The smallest absolute Gasteiger partial charge is 0.373 e. The normalized spacial score (nSPS) is 21.4. The Kier molecular flexibility index (Phi) is 7.85. The van der Waals surface area contributed by atoms with Crippen molar-refractivity contribution >= 4 is 17.5 Å². The number of ether oxygens (including phenoxy) is 1. The Morgan fingerprint density at radius 3 is 2.72 bits per heavy atom. The molecule has 1 amide bonds. The highest BCUT2D eigenvalue weighted by atomic mass is 19.4. The predicted octanol–water partition coefficient (Wildman–Crippen LogP) is 4.97. The summed E-state index contributed by atoms with van der Waals surface area (Å²) < 4.78 is 48.5. The van der Waals surface area contributed by atoms with Crippen molar-refractivity contribution in [2.45, 2.75) is 65.3 Å². The molecule has 0 unspecified atom stereocenters. The van der Waals surface area contributed by atoms with Crippen molar-refractivity contribution in [3.8, 4) is 11.3 Å². The molecule has 7 nitrogen and oxygen atoms in total. The van der Waals surface area contributed by atoms with Gasteiger partial charge in [-0.05, 0) is 43.4 Å². The molecule has 4 heterocycles. The summed E-state index contributed by atoms with van der Waals surface area (Å²) in [5, 5.41) is 6.20. The SMILES string of the molecule is CCc1cnc2c(c1-c1cc(C(F)(F)F)cc(N3CCN[C@@H](C)C3)n1)[C@H](C(C)C)OCCCC(=O)N2. The molecule has 1 saturated heterocycles. The molecule has 0 radical (unpaired) electrons. The molecule has 0 bridgehead atoms. The number of fused-ring (bicyclic) bond motifs is 1. The van der Waals surface area contributed by atoms with Crippen LogP contribution in [-0.4, -0.2) is 48.2 Å². The molecule has 4 rings (SSSR count). The molecule has 0 aromatic carbocycles. The van der Waals surface area contributed by atoms with Gasteiger partial charge in [-0.2, -0.15) is 13.2 Å². The molecule has 0 saturated carbocycles. The first-order valence-corrected chi connectivity index (χ1v) is 12.6. The van der Waals surface area contributed by atoms with Crippen molar-refractivity contribution in [3.63, 3.8) is 0 Å². The standard InChI is InChI=1S/C26H34F3N5O2/c1-5-17-13-31-25-23(24(15(2)3)36-10-6-7-21(35)33-25)22(17)19-11-18(26(27,28)29)12-20(32-19)34-9-8-30-16(4)14-34/h11-13,15-16,24,30H,5-10,14H2,1-4H3,(H,31,33,35)/t16-,24-/m0/s1. The van der Waals surface area contributed by atoms with Gasteiger partial charge in [0, 0.05) is 56.0 Å². The van der Waals surface area contributed by atoms with Crippen LogP contribution in [0, 0.1) is 5.92 Å². The fourth-order valence-electron chi connectivity index (χ4n) is 4.87. The first-order chi connectivity index (χ1) is 17.1. The number of amides is 1. The lowest BCUT2D eigenvalue weighted by molar-refractivity contribution is -0.137. The number of hydrogen-bond donors (Lipinski definition) is 2. The van der Waals surface area contributed by atoms with Gasteiger partial charge in [-0.15, -0.1) is 0 Å². The summed E-state index contributed by atoms with van der Waals surface area (Å²) in [6, 6.07) is 2.36. The minimum Gasteiger partial charge on any atom is -0.373 e. The Labute approximate surface area is 209 Å². The molecule has 10 heteroatoms. The second-order valence-corrected chi connectivity index (χ2v) is 9.86. The summed E-state index contributed by atoms with van der Waals surface area (Å²) in [4.78, 5) is 23.7. The van der Waals surface area contributed by atoms with Crippen LogP contribution < -0.4 is 15.5 Å². The van der Waals surface area contributed by atoms with Crippen molar-refractivity contribution in [2.75, 3.05) is 36.5 Å². The third kappa shape index (κ3) is 5.64. The van der Waals surface area contributed by atoms with E-state index in [-0.39, 0.29) is 35.8 Å². The van der Waals surface area contributed by atoms with E-state index in [0.717, 1.165) is 17.7 Å². The van der Waals surface area contributed by atoms with E-state index in [1.807, 2.05) is 32.6 Å². The molecular formula is C26H34F3N5O2. The maximum atomic E-state index is 14.1. The molecule has 2 aromatic rings. The predicted molar refractivity (Wildman–Crippen MR) is 133 cm³/mol. The molecule has 1 fully saturated rings. The molecule has 2 aliphatic rings. The lowest BCUT2D eigenvalue weighted by Crippen LogP contribution is -2.49. The number of aryl methyl sites for hydroxylation is 1. The van der Waals surface area contributed by atoms with Gasteiger partial charge in [-0.1, -0.05) is 20.8 Å². The van der Waals surface area contributed by atoms with Gasteiger partial charge >= 0.3 is 6.18 Å². The maximum absolute atomic E-state index is 14.1. The fourth-order valence-corrected chi connectivity index (χ4v) is 4.87. The molecule has 196 valence electrons. The second kappa shape index (κ2) is 10.7. The number of halogens is 3. The minimum atomic E-state index is -4.54. The Bertz CT molecular complexity index is 1110. The first-order valence-electron chi connectivity index (χ1n) is 12.6. The number of anilines is 2. The zero-order valence-electron chi connectivity index (χ0n) is 21.2. The summed E-state index contributed by atoms with van der Waals surface area (Å²) in [6.45, 7) is 10.0. The van der Waals surface area contributed by atoms with Crippen molar-refractivity contribution in [1.29, 1.82) is 0 Å². The van der Waals surface area contributed by atoms with Crippen LogP contribution >= 0.6 is 0 Å². The zero-order chi connectivity index (χ0) is 26.0. The number of nitrogens with one attached hydrogen (secondary N) is 2. The summed E-state index contributed by atoms with van der Waals surface area (Å²) in [5.74, 6) is 0.407. The van der Waals surface area contributed by atoms with Gasteiger partial charge in [-0.25, -0.2) is 9.97 Å². The van der Waals surface area contributed by atoms with Crippen molar-refractivity contribution < 1.29 is 22.7 Å². The van der Waals surface area contributed by atoms with Crippen LogP contribution in [0.2, 0.25) is 0 Å². The Morgan fingerprint density at radius 2 is 2.06 bits per heavy atom. The highest BCUT2D eigenvalue weighted by molar-refractivity contribution is 5.92. The largest absolute Gasteiger partial charge is 0.416 e. The van der Waals surface area contributed by atoms with Gasteiger partial charge in [-0.3, -0.25) is 4.79 Å². The minimum absolute atomic E-state index is 0.00862. The molecule has 2 N–H and O–H groups in total. The van der Waals surface area contributed by atoms with E-state index in [9.17, 15) is 18.0 Å². The highest BCUT2D eigenvalue weighted by Gasteiger charge is 2.35. The van der Waals surface area contributed by atoms with E-state index in [2.05, 4.69) is 15.6 Å². The molecule has 2 aliphatic heterocycles. The van der Waals surface area contributed by atoms with Gasteiger partial charge in [0.15, 0.2) is 0 Å². The molecule has 2 atom stereocenters. The number of aromatic nitrogens is 2. The summed E-state index contributed by atoms with van der Waals surface area (Å²) >= 11 is 0. The lowest BCUT2D eigenvalue weighted by atomic mass is 9.89. The number of pyridine rings is 2. The van der Waals surface area contributed by atoms with Crippen molar-refractivity contribution in [3.05, 3.63) is 35.0 Å². The Morgan fingerprint density at radius 1 is 1.28 bits per heavy atom. The first kappa shape index (κ1) is 26.3. The van der Waals surface area contributed by atoms with Crippen LogP contribution in [0.5, 0.6) is 0 Å². The summed E-state index contributed by atoms with van der Waals surface area (Å²) in [5.41, 5.74) is 1.35. The molecule has 36 heavy (non-hydrogen) atoms. The van der Waals surface area contributed by atoms with Gasteiger partial charge in [0.05, 0.1) is 17.4 Å². The van der Waals surface area contributed by atoms with Crippen LogP contribution in [0.4, 0.5) is 24.8 Å². The maximum Gasteiger partial charge on any atom is 0.416 e. The van der Waals surface area contributed by atoms with E-state index < -0.39 is 17.8 Å². The second-order valence-electron chi connectivity index (χ2n) is 9.86. The van der Waals surface area contributed by atoms with Gasteiger partial charge in [0.25, 0.3) is 0 Å². The van der Waals surface area contributed by atoms with Crippen LogP contribution in [0.1, 0.15) is 63.3 Å². The molecule has 0 aliphatic carbocycles. The average molecular weight is 506 g/mol. The Hall–Kier alpha value is -2.72. The van der Waals surface area contributed by atoms with Gasteiger partial charge < -0.3 is 20.3 Å². The number of hydrogen-bond acceptors (Lipinski definition) is 6. The number of piperazine rings is 1. The van der Waals surface area contributed by atoms with Crippen LogP contribution in [0.3, 0.4) is 0 Å². The summed E-state index contributed by atoms with van der Waals surface area (Å²) in [6.07, 6.45) is -2.02. The third-order valence-corrected chi connectivity index (χ3v) is 6.66. The average Bonchev–Trinajstić information content (AvgIpc) is 2.91. The van der Waals surface area contributed by atoms with Crippen LogP contribution in [-0.2, 0) is 22.1 Å². The molecule has 0 spiro atoms. The zero-order valence-corrected chi connectivity index (χ0v) is 21.2.